The molecule has 0 saturated carbocycles. The minimum Gasteiger partial charge on any atom is -0.497 e. The number of methoxy groups -OCH3 is 1. The van der Waals surface area contributed by atoms with Crippen molar-refractivity contribution in [1.82, 2.24) is 4.90 Å². The lowest BCUT2D eigenvalue weighted by atomic mass is 10.2. The quantitative estimate of drug-likeness (QED) is 0.714. The van der Waals surface area contributed by atoms with Gasteiger partial charge in [-0.3, -0.25) is 9.11 Å². The molecule has 0 bridgehead atoms. The second-order valence-corrected chi connectivity index (χ2v) is 8.21. The molecule has 7 heteroatoms. The number of aliphatic hydroxyl groups excluding tert-OH is 2. The fourth-order valence-corrected chi connectivity index (χ4v) is 4.56. The van der Waals surface area contributed by atoms with Crippen molar-refractivity contribution < 1.29 is 23.9 Å². The van der Waals surface area contributed by atoms with Crippen molar-refractivity contribution in [3.05, 3.63) is 54.1 Å². The molecule has 0 amide bonds. The standard InChI is InChI=1S/C20H25NO5S/c1-25-17-3-2-4-18(11-17)27(24)19-9-10-21(12-19)20(23)14-26-16-7-5-15(13-22)6-8-16/h2-8,11,19-20,22-23H,9-10,12-14H2,1H3. The topological polar surface area (TPSA) is 79.2 Å². The summed E-state index contributed by atoms with van der Waals surface area (Å²) in [6.45, 7) is 1.35. The molecule has 2 aromatic rings. The Bertz CT molecular complexity index is 767. The molecule has 2 aromatic carbocycles. The second-order valence-electron chi connectivity index (χ2n) is 6.48. The third kappa shape index (κ3) is 5.07. The van der Waals surface area contributed by atoms with E-state index in [2.05, 4.69) is 0 Å². The van der Waals surface area contributed by atoms with E-state index in [0.29, 0.717) is 24.6 Å². The molecule has 1 aliphatic rings. The van der Waals surface area contributed by atoms with Crippen LogP contribution in [0.15, 0.2) is 53.4 Å². The number of hydrogen-bond donors (Lipinski definition) is 2. The van der Waals surface area contributed by atoms with Gasteiger partial charge in [-0.25, -0.2) is 0 Å². The highest BCUT2D eigenvalue weighted by Gasteiger charge is 2.31. The van der Waals surface area contributed by atoms with Gasteiger partial charge in [0.15, 0.2) is 0 Å². The van der Waals surface area contributed by atoms with Crippen LogP contribution in [0, 0.1) is 0 Å². The number of ether oxygens (including phenoxy) is 2. The van der Waals surface area contributed by atoms with Crippen LogP contribution in [0.5, 0.6) is 11.5 Å². The molecule has 3 atom stereocenters. The smallest absolute Gasteiger partial charge is 0.141 e. The van der Waals surface area contributed by atoms with Gasteiger partial charge in [0.1, 0.15) is 24.3 Å². The molecule has 3 rings (SSSR count). The van der Waals surface area contributed by atoms with Gasteiger partial charge in [0.05, 0.1) is 29.8 Å². The van der Waals surface area contributed by atoms with Crippen molar-refractivity contribution in [2.45, 2.75) is 29.4 Å². The van der Waals surface area contributed by atoms with Gasteiger partial charge in [-0.05, 0) is 42.3 Å². The third-order valence-electron chi connectivity index (χ3n) is 4.68. The Balaban J connectivity index is 1.52. The summed E-state index contributed by atoms with van der Waals surface area (Å²) in [5.41, 5.74) is 0.810. The Morgan fingerprint density at radius 2 is 2.00 bits per heavy atom. The lowest BCUT2D eigenvalue weighted by Crippen LogP contribution is -2.38. The monoisotopic (exact) mass is 391 g/mol. The van der Waals surface area contributed by atoms with Crippen LogP contribution in [0.25, 0.3) is 0 Å². The fourth-order valence-electron chi connectivity index (χ4n) is 3.09. The van der Waals surface area contributed by atoms with E-state index in [0.717, 1.165) is 16.9 Å². The molecule has 1 aliphatic heterocycles. The van der Waals surface area contributed by atoms with Crippen LogP contribution in [0.4, 0.5) is 0 Å². The van der Waals surface area contributed by atoms with E-state index < -0.39 is 17.0 Å². The highest BCUT2D eigenvalue weighted by molar-refractivity contribution is 7.85. The molecule has 1 heterocycles. The molecular weight excluding hydrogens is 366 g/mol. The van der Waals surface area contributed by atoms with Gasteiger partial charge in [0.25, 0.3) is 0 Å². The lowest BCUT2D eigenvalue weighted by Gasteiger charge is -2.23. The maximum Gasteiger partial charge on any atom is 0.141 e. The average Bonchev–Trinajstić information content (AvgIpc) is 3.22. The normalized spacial score (nSPS) is 19.6. The Morgan fingerprint density at radius 3 is 2.70 bits per heavy atom. The second kappa shape index (κ2) is 9.32. The number of rotatable bonds is 8. The fraction of sp³-hybridized carbons (Fsp3) is 0.400. The first-order valence-corrected chi connectivity index (χ1v) is 10.1. The highest BCUT2D eigenvalue weighted by Crippen LogP contribution is 2.24. The summed E-state index contributed by atoms with van der Waals surface area (Å²) in [6, 6.07) is 14.4. The summed E-state index contributed by atoms with van der Waals surface area (Å²) in [7, 11) is 0.442. The van der Waals surface area contributed by atoms with Crippen LogP contribution >= 0.6 is 0 Å². The predicted octanol–water partition coefficient (Wildman–Crippen LogP) is 1.77. The SMILES string of the molecule is COc1cccc(S(=O)C2CCN(C(O)COc3ccc(CO)cc3)C2)c1. The van der Waals surface area contributed by atoms with Crippen LogP contribution < -0.4 is 9.47 Å². The molecule has 0 radical (unpaired) electrons. The van der Waals surface area contributed by atoms with Gasteiger partial charge < -0.3 is 19.7 Å². The maximum atomic E-state index is 12.8. The summed E-state index contributed by atoms with van der Waals surface area (Å²) in [6.07, 6.45) is 0.00124. The predicted molar refractivity (Wildman–Crippen MR) is 103 cm³/mol. The van der Waals surface area contributed by atoms with Crippen LogP contribution in [0.3, 0.4) is 0 Å². The van der Waals surface area contributed by atoms with E-state index in [-0.39, 0.29) is 18.5 Å². The number of hydrogen-bond acceptors (Lipinski definition) is 6. The lowest BCUT2D eigenvalue weighted by molar-refractivity contribution is -0.0140. The average molecular weight is 391 g/mol. The zero-order chi connectivity index (χ0) is 19.2. The highest BCUT2D eigenvalue weighted by atomic mass is 32.2. The minimum atomic E-state index is -1.15. The molecular formula is C20H25NO5S. The number of likely N-dealkylation sites (tertiary alicyclic amines) is 1. The van der Waals surface area contributed by atoms with Crippen molar-refractivity contribution in [2.75, 3.05) is 26.8 Å². The Hall–Kier alpha value is -1.93. The zero-order valence-corrected chi connectivity index (χ0v) is 16.1. The molecule has 0 spiro atoms. The van der Waals surface area contributed by atoms with Crippen molar-refractivity contribution in [3.63, 3.8) is 0 Å². The summed E-state index contributed by atoms with van der Waals surface area (Å²) >= 11 is 0. The third-order valence-corrected chi connectivity index (χ3v) is 6.39. The van der Waals surface area contributed by atoms with Gasteiger partial charge in [-0.1, -0.05) is 18.2 Å². The van der Waals surface area contributed by atoms with E-state index in [1.54, 1.807) is 37.4 Å². The first-order chi connectivity index (χ1) is 13.1. The van der Waals surface area contributed by atoms with Gasteiger partial charge in [-0.15, -0.1) is 0 Å². The summed E-state index contributed by atoms with van der Waals surface area (Å²) < 4.78 is 23.6. The molecule has 0 aliphatic carbocycles. The van der Waals surface area contributed by atoms with Crippen LogP contribution in [0.2, 0.25) is 0 Å². The Kier molecular flexibility index (Phi) is 6.84. The Labute approximate surface area is 161 Å². The zero-order valence-electron chi connectivity index (χ0n) is 15.3. The van der Waals surface area contributed by atoms with Gasteiger partial charge in [-0.2, -0.15) is 0 Å². The molecule has 1 saturated heterocycles. The van der Waals surface area contributed by atoms with E-state index in [9.17, 15) is 9.32 Å². The molecule has 0 aromatic heterocycles. The molecule has 27 heavy (non-hydrogen) atoms. The molecule has 146 valence electrons. The number of aliphatic hydroxyl groups is 2. The van der Waals surface area contributed by atoms with Crippen LogP contribution in [-0.2, 0) is 17.4 Å². The van der Waals surface area contributed by atoms with Crippen molar-refractivity contribution >= 4 is 10.8 Å². The van der Waals surface area contributed by atoms with Gasteiger partial charge in [0.2, 0.25) is 0 Å². The number of benzene rings is 2. The van der Waals surface area contributed by atoms with Crippen LogP contribution in [-0.4, -0.2) is 57.6 Å². The summed E-state index contributed by atoms with van der Waals surface area (Å²) in [5, 5.41) is 19.4. The van der Waals surface area contributed by atoms with E-state index >= 15 is 0 Å². The van der Waals surface area contributed by atoms with E-state index in [4.69, 9.17) is 14.6 Å². The molecule has 1 fully saturated rings. The molecule has 2 N–H and O–H groups in total. The van der Waals surface area contributed by atoms with E-state index in [1.165, 1.54) is 0 Å². The van der Waals surface area contributed by atoms with Crippen molar-refractivity contribution in [2.24, 2.45) is 0 Å². The Morgan fingerprint density at radius 1 is 1.22 bits per heavy atom. The van der Waals surface area contributed by atoms with Crippen LogP contribution in [0.1, 0.15) is 12.0 Å². The first kappa shape index (κ1) is 19.8. The van der Waals surface area contributed by atoms with E-state index in [1.807, 2.05) is 23.1 Å². The van der Waals surface area contributed by atoms with Gasteiger partial charge in [0, 0.05) is 18.0 Å². The molecule has 3 unspecified atom stereocenters. The van der Waals surface area contributed by atoms with Crippen molar-refractivity contribution in [3.8, 4) is 11.5 Å². The maximum absolute atomic E-state index is 12.8. The van der Waals surface area contributed by atoms with Gasteiger partial charge >= 0.3 is 0 Å². The summed E-state index contributed by atoms with van der Waals surface area (Å²) in [4.78, 5) is 2.64. The molecule has 6 nitrogen and oxygen atoms in total. The first-order valence-electron chi connectivity index (χ1n) is 8.90. The largest absolute Gasteiger partial charge is 0.497 e. The minimum absolute atomic E-state index is 0.0114. The van der Waals surface area contributed by atoms with Crippen molar-refractivity contribution in [1.29, 1.82) is 0 Å². The summed E-state index contributed by atoms with van der Waals surface area (Å²) in [5.74, 6) is 1.33. The number of nitrogens with zero attached hydrogens (tertiary/aromatic N) is 1.